The average Bonchev–Trinajstić information content (AvgIpc) is 3.00. The maximum absolute atomic E-state index is 5.50. The third-order valence-corrected chi connectivity index (χ3v) is 3.63. The van der Waals surface area contributed by atoms with Gasteiger partial charge in [0, 0.05) is 18.7 Å². The van der Waals surface area contributed by atoms with Gasteiger partial charge in [0.15, 0.2) is 0 Å². The number of para-hydroxylation sites is 1. The molecule has 0 amide bonds. The number of rotatable bonds is 9. The first-order chi connectivity index (χ1) is 10.7. The number of ether oxygens (including phenoxy) is 1. The summed E-state index contributed by atoms with van der Waals surface area (Å²) in [6.45, 7) is 3.79. The largest absolute Gasteiger partial charge is 0.496 e. The van der Waals surface area contributed by atoms with Crippen LogP contribution in [-0.2, 0) is 13.1 Å². The lowest BCUT2D eigenvalue weighted by Gasteiger charge is -2.23. The molecule has 0 saturated heterocycles. The molecule has 0 aliphatic heterocycles. The standard InChI is InChI=1S/C18H26N2O2/c1-19(2)11-7-12-20(15-17-9-6-13-22-17)14-16-8-4-5-10-18(16)21-3/h4-6,8-10,13H,7,11-12,14-15H2,1-3H3. The van der Waals surface area contributed by atoms with E-state index < -0.39 is 0 Å². The third-order valence-electron chi connectivity index (χ3n) is 3.63. The normalized spacial score (nSPS) is 11.3. The fourth-order valence-corrected chi connectivity index (χ4v) is 2.52. The Kier molecular flexibility index (Phi) is 6.49. The lowest BCUT2D eigenvalue weighted by atomic mass is 10.1. The predicted octanol–water partition coefficient (Wildman–Crippen LogP) is 3.24. The Morgan fingerprint density at radius 3 is 2.50 bits per heavy atom. The molecule has 0 aliphatic carbocycles. The highest BCUT2D eigenvalue weighted by Crippen LogP contribution is 2.20. The summed E-state index contributed by atoms with van der Waals surface area (Å²) in [7, 11) is 5.94. The topological polar surface area (TPSA) is 28.9 Å². The van der Waals surface area contributed by atoms with Crippen LogP contribution in [0.1, 0.15) is 17.7 Å². The van der Waals surface area contributed by atoms with Gasteiger partial charge in [0.25, 0.3) is 0 Å². The lowest BCUT2D eigenvalue weighted by Crippen LogP contribution is -2.26. The molecule has 0 radical (unpaired) electrons. The Morgan fingerprint density at radius 2 is 1.82 bits per heavy atom. The van der Waals surface area contributed by atoms with Gasteiger partial charge in [-0.15, -0.1) is 0 Å². The fraction of sp³-hybridized carbons (Fsp3) is 0.444. The van der Waals surface area contributed by atoms with Crippen LogP contribution in [0, 0.1) is 0 Å². The minimum Gasteiger partial charge on any atom is -0.496 e. The number of benzene rings is 1. The Labute approximate surface area is 133 Å². The number of hydrogen-bond acceptors (Lipinski definition) is 4. The van der Waals surface area contributed by atoms with E-state index in [0.717, 1.165) is 44.1 Å². The molecule has 0 atom stereocenters. The second kappa shape index (κ2) is 8.61. The molecule has 1 heterocycles. The van der Waals surface area contributed by atoms with Gasteiger partial charge in [0.05, 0.1) is 19.9 Å². The summed E-state index contributed by atoms with van der Waals surface area (Å²) in [6.07, 6.45) is 2.86. The molecule has 4 nitrogen and oxygen atoms in total. The summed E-state index contributed by atoms with van der Waals surface area (Å²) < 4.78 is 11.0. The van der Waals surface area contributed by atoms with Crippen LogP contribution in [0.2, 0.25) is 0 Å². The maximum atomic E-state index is 5.50. The minimum atomic E-state index is 0.818. The Morgan fingerprint density at radius 1 is 1.00 bits per heavy atom. The van der Waals surface area contributed by atoms with E-state index in [0.29, 0.717) is 0 Å². The third kappa shape index (κ3) is 5.20. The first kappa shape index (κ1) is 16.6. The van der Waals surface area contributed by atoms with Gasteiger partial charge in [-0.25, -0.2) is 0 Å². The van der Waals surface area contributed by atoms with Crippen molar-refractivity contribution < 1.29 is 9.15 Å². The predicted molar refractivity (Wildman–Crippen MR) is 89.0 cm³/mol. The second-order valence-electron chi connectivity index (χ2n) is 5.76. The minimum absolute atomic E-state index is 0.818. The maximum Gasteiger partial charge on any atom is 0.123 e. The molecule has 22 heavy (non-hydrogen) atoms. The smallest absolute Gasteiger partial charge is 0.123 e. The molecule has 0 aliphatic rings. The van der Waals surface area contributed by atoms with Gasteiger partial charge in [-0.05, 0) is 45.3 Å². The number of nitrogens with zero attached hydrogens (tertiary/aromatic N) is 2. The average molecular weight is 302 g/mol. The van der Waals surface area contributed by atoms with Gasteiger partial charge >= 0.3 is 0 Å². The SMILES string of the molecule is COc1ccccc1CN(CCCN(C)C)Cc1ccco1. The molecule has 0 unspecified atom stereocenters. The fourth-order valence-electron chi connectivity index (χ4n) is 2.52. The summed E-state index contributed by atoms with van der Waals surface area (Å²) >= 11 is 0. The van der Waals surface area contributed by atoms with E-state index in [9.17, 15) is 0 Å². The van der Waals surface area contributed by atoms with E-state index in [1.807, 2.05) is 24.3 Å². The van der Waals surface area contributed by atoms with Gasteiger partial charge in [-0.2, -0.15) is 0 Å². The zero-order valence-corrected chi connectivity index (χ0v) is 13.8. The number of hydrogen-bond donors (Lipinski definition) is 0. The van der Waals surface area contributed by atoms with Gasteiger partial charge in [0.2, 0.25) is 0 Å². The van der Waals surface area contributed by atoms with E-state index in [1.165, 1.54) is 5.56 Å². The molecule has 0 saturated carbocycles. The van der Waals surface area contributed by atoms with E-state index >= 15 is 0 Å². The zero-order valence-electron chi connectivity index (χ0n) is 13.8. The van der Waals surface area contributed by atoms with E-state index in [2.05, 4.69) is 36.0 Å². The van der Waals surface area contributed by atoms with E-state index in [1.54, 1.807) is 13.4 Å². The van der Waals surface area contributed by atoms with Crippen LogP contribution in [0.4, 0.5) is 0 Å². The molecule has 1 aromatic carbocycles. The first-order valence-corrected chi connectivity index (χ1v) is 7.70. The summed E-state index contributed by atoms with van der Waals surface area (Å²) in [4.78, 5) is 4.62. The monoisotopic (exact) mass is 302 g/mol. The van der Waals surface area contributed by atoms with Crippen molar-refractivity contribution in [2.24, 2.45) is 0 Å². The van der Waals surface area contributed by atoms with E-state index in [-0.39, 0.29) is 0 Å². The molecule has 0 spiro atoms. The molecule has 2 rings (SSSR count). The number of furan rings is 1. The van der Waals surface area contributed by atoms with Crippen molar-refractivity contribution in [1.29, 1.82) is 0 Å². The Bertz CT molecular complexity index is 538. The molecule has 120 valence electrons. The molecule has 1 aromatic heterocycles. The van der Waals surface area contributed by atoms with Crippen LogP contribution in [-0.4, -0.2) is 44.1 Å². The molecule has 0 fully saturated rings. The highest BCUT2D eigenvalue weighted by atomic mass is 16.5. The highest BCUT2D eigenvalue weighted by Gasteiger charge is 2.11. The van der Waals surface area contributed by atoms with Crippen LogP contribution in [0.3, 0.4) is 0 Å². The van der Waals surface area contributed by atoms with Crippen molar-refractivity contribution in [2.45, 2.75) is 19.5 Å². The van der Waals surface area contributed by atoms with E-state index in [4.69, 9.17) is 9.15 Å². The van der Waals surface area contributed by atoms with Crippen LogP contribution >= 0.6 is 0 Å². The van der Waals surface area contributed by atoms with Crippen molar-refractivity contribution >= 4 is 0 Å². The van der Waals surface area contributed by atoms with Crippen molar-refractivity contribution in [3.05, 3.63) is 54.0 Å². The molecule has 0 N–H and O–H groups in total. The zero-order chi connectivity index (χ0) is 15.8. The Balaban J connectivity index is 2.02. The molecular weight excluding hydrogens is 276 g/mol. The Hall–Kier alpha value is -1.78. The van der Waals surface area contributed by atoms with Gasteiger partial charge < -0.3 is 14.1 Å². The van der Waals surface area contributed by atoms with Crippen molar-refractivity contribution in [3.63, 3.8) is 0 Å². The summed E-state index contributed by atoms with van der Waals surface area (Å²) in [5, 5.41) is 0. The molecule has 4 heteroatoms. The molecular formula is C18H26N2O2. The van der Waals surface area contributed by atoms with Crippen molar-refractivity contribution in [2.75, 3.05) is 34.3 Å². The molecule has 2 aromatic rings. The van der Waals surface area contributed by atoms with Gasteiger partial charge in [-0.3, -0.25) is 4.90 Å². The van der Waals surface area contributed by atoms with Crippen LogP contribution in [0.15, 0.2) is 47.1 Å². The van der Waals surface area contributed by atoms with Crippen LogP contribution in [0.25, 0.3) is 0 Å². The summed E-state index contributed by atoms with van der Waals surface area (Å²) in [6, 6.07) is 12.2. The number of methoxy groups -OCH3 is 1. The van der Waals surface area contributed by atoms with Crippen LogP contribution in [0.5, 0.6) is 5.75 Å². The van der Waals surface area contributed by atoms with Gasteiger partial charge in [0.1, 0.15) is 11.5 Å². The van der Waals surface area contributed by atoms with Crippen molar-refractivity contribution in [3.8, 4) is 5.75 Å². The van der Waals surface area contributed by atoms with Crippen molar-refractivity contribution in [1.82, 2.24) is 9.80 Å². The summed E-state index contributed by atoms with van der Waals surface area (Å²) in [5.41, 5.74) is 1.21. The lowest BCUT2D eigenvalue weighted by molar-refractivity contribution is 0.219. The second-order valence-corrected chi connectivity index (χ2v) is 5.76. The first-order valence-electron chi connectivity index (χ1n) is 7.70. The van der Waals surface area contributed by atoms with Gasteiger partial charge in [-0.1, -0.05) is 18.2 Å². The summed E-state index contributed by atoms with van der Waals surface area (Å²) in [5.74, 6) is 1.94. The highest BCUT2D eigenvalue weighted by molar-refractivity contribution is 5.33. The van der Waals surface area contributed by atoms with Crippen LogP contribution < -0.4 is 4.74 Å². The quantitative estimate of drug-likeness (QED) is 0.711. The molecule has 0 bridgehead atoms.